The third-order valence-corrected chi connectivity index (χ3v) is 3.50. The summed E-state index contributed by atoms with van der Waals surface area (Å²) < 4.78 is 11.5. The molecule has 4 heteroatoms. The van der Waals surface area contributed by atoms with E-state index >= 15 is 0 Å². The molecule has 3 nitrogen and oxygen atoms in total. The number of esters is 1. The number of ether oxygens (including phenoxy) is 2. The standard InChI is InChI=1S/C9H13IO3/c1-9(13-8(11)5-10)4-6-2-3-7(9)12-6/h6-7H,2-5H2,1H3. The van der Waals surface area contributed by atoms with Crippen molar-refractivity contribution in [2.45, 2.75) is 44.0 Å². The van der Waals surface area contributed by atoms with Gasteiger partial charge in [0.25, 0.3) is 0 Å². The molecule has 13 heavy (non-hydrogen) atoms. The molecule has 0 spiro atoms. The Bertz CT molecular complexity index is 231. The van der Waals surface area contributed by atoms with Crippen molar-refractivity contribution in [1.29, 1.82) is 0 Å². The molecule has 0 saturated carbocycles. The summed E-state index contributed by atoms with van der Waals surface area (Å²) in [4.78, 5) is 11.2. The average molecular weight is 296 g/mol. The summed E-state index contributed by atoms with van der Waals surface area (Å²) >= 11 is 2.02. The Hall–Kier alpha value is 0.160. The van der Waals surface area contributed by atoms with Gasteiger partial charge in [0, 0.05) is 6.42 Å². The summed E-state index contributed by atoms with van der Waals surface area (Å²) in [5.41, 5.74) is -0.342. The van der Waals surface area contributed by atoms with Gasteiger partial charge in [-0.15, -0.1) is 0 Å². The Balaban J connectivity index is 2.01. The number of fused-ring (bicyclic) bond motifs is 2. The fourth-order valence-corrected chi connectivity index (χ4v) is 2.44. The number of hydrogen-bond acceptors (Lipinski definition) is 3. The van der Waals surface area contributed by atoms with E-state index in [9.17, 15) is 4.79 Å². The molecule has 2 aliphatic rings. The van der Waals surface area contributed by atoms with E-state index in [2.05, 4.69) is 0 Å². The lowest BCUT2D eigenvalue weighted by Gasteiger charge is -2.30. The molecule has 3 atom stereocenters. The van der Waals surface area contributed by atoms with Crippen molar-refractivity contribution >= 4 is 28.6 Å². The SMILES string of the molecule is CC1(OC(=O)CI)CC2CCC1O2. The van der Waals surface area contributed by atoms with Crippen LogP contribution in [-0.4, -0.2) is 28.2 Å². The van der Waals surface area contributed by atoms with Crippen molar-refractivity contribution in [2.75, 3.05) is 4.43 Å². The molecule has 2 aliphatic heterocycles. The first kappa shape index (κ1) is 9.71. The number of rotatable bonds is 2. The largest absolute Gasteiger partial charge is 0.456 e. The number of alkyl halides is 1. The Labute approximate surface area is 91.3 Å². The monoisotopic (exact) mass is 296 g/mol. The van der Waals surface area contributed by atoms with Crippen molar-refractivity contribution in [2.24, 2.45) is 0 Å². The zero-order valence-electron chi connectivity index (χ0n) is 7.59. The first-order valence-corrected chi connectivity index (χ1v) is 6.10. The van der Waals surface area contributed by atoms with Crippen LogP contribution in [0.25, 0.3) is 0 Å². The first-order chi connectivity index (χ1) is 6.14. The number of halogens is 1. The molecule has 2 heterocycles. The molecule has 74 valence electrons. The third-order valence-electron chi connectivity index (χ3n) is 2.88. The highest BCUT2D eigenvalue weighted by Gasteiger charge is 2.51. The van der Waals surface area contributed by atoms with E-state index in [1.165, 1.54) is 0 Å². The van der Waals surface area contributed by atoms with Crippen LogP contribution in [0.15, 0.2) is 0 Å². The molecule has 2 rings (SSSR count). The maximum atomic E-state index is 11.2. The molecule has 0 amide bonds. The van der Waals surface area contributed by atoms with Crippen LogP contribution in [0.3, 0.4) is 0 Å². The highest BCUT2D eigenvalue weighted by molar-refractivity contribution is 14.1. The minimum absolute atomic E-state index is 0.126. The number of hydrogen-bond donors (Lipinski definition) is 0. The van der Waals surface area contributed by atoms with Gasteiger partial charge in [-0.25, -0.2) is 0 Å². The molecule has 0 aromatic carbocycles. The maximum Gasteiger partial charge on any atom is 0.316 e. The van der Waals surface area contributed by atoms with E-state index in [-0.39, 0.29) is 17.7 Å². The highest BCUT2D eigenvalue weighted by atomic mass is 127. The van der Waals surface area contributed by atoms with Gasteiger partial charge in [-0.3, -0.25) is 4.79 Å². The van der Waals surface area contributed by atoms with Gasteiger partial charge in [0.2, 0.25) is 0 Å². The van der Waals surface area contributed by atoms with Gasteiger partial charge >= 0.3 is 5.97 Å². The Morgan fingerprint density at radius 1 is 1.69 bits per heavy atom. The number of carbonyl (C=O) groups is 1. The molecular weight excluding hydrogens is 283 g/mol. The second kappa shape index (κ2) is 3.38. The van der Waals surface area contributed by atoms with Crippen LogP contribution in [0, 0.1) is 0 Å². The molecule has 2 saturated heterocycles. The average Bonchev–Trinajstić information content (AvgIpc) is 2.62. The second-order valence-electron chi connectivity index (χ2n) is 3.95. The van der Waals surface area contributed by atoms with Crippen LogP contribution in [0.1, 0.15) is 26.2 Å². The van der Waals surface area contributed by atoms with E-state index in [0.717, 1.165) is 19.3 Å². The number of carbonyl (C=O) groups excluding carboxylic acids is 1. The summed E-state index contributed by atoms with van der Waals surface area (Å²) in [5.74, 6) is -0.126. The van der Waals surface area contributed by atoms with Crippen molar-refractivity contribution < 1.29 is 14.3 Å². The van der Waals surface area contributed by atoms with Crippen molar-refractivity contribution in [1.82, 2.24) is 0 Å². The Morgan fingerprint density at radius 3 is 2.92 bits per heavy atom. The zero-order valence-corrected chi connectivity index (χ0v) is 9.74. The van der Waals surface area contributed by atoms with Gasteiger partial charge in [-0.1, -0.05) is 22.6 Å². The molecule has 0 aromatic heterocycles. The molecule has 3 unspecified atom stereocenters. The predicted octanol–water partition coefficient (Wildman–Crippen LogP) is 1.67. The van der Waals surface area contributed by atoms with Crippen LogP contribution in [0.2, 0.25) is 0 Å². The van der Waals surface area contributed by atoms with Gasteiger partial charge in [0.05, 0.1) is 16.6 Å². The van der Waals surface area contributed by atoms with Crippen LogP contribution in [0.5, 0.6) is 0 Å². The third kappa shape index (κ3) is 1.70. The molecule has 2 fully saturated rings. The lowest BCUT2D eigenvalue weighted by Crippen LogP contribution is -2.41. The maximum absolute atomic E-state index is 11.2. The molecular formula is C9H13IO3. The van der Waals surface area contributed by atoms with E-state index in [0.29, 0.717) is 10.5 Å². The molecule has 0 aromatic rings. The zero-order chi connectivity index (χ0) is 9.47. The summed E-state index contributed by atoms with van der Waals surface area (Å²) in [5, 5.41) is 0. The lowest BCUT2D eigenvalue weighted by atomic mass is 9.86. The fraction of sp³-hybridized carbons (Fsp3) is 0.889. The van der Waals surface area contributed by atoms with E-state index in [1.54, 1.807) is 0 Å². The topological polar surface area (TPSA) is 35.5 Å². The second-order valence-corrected chi connectivity index (χ2v) is 4.71. The predicted molar refractivity (Wildman–Crippen MR) is 55.9 cm³/mol. The quantitative estimate of drug-likeness (QED) is 0.442. The highest BCUT2D eigenvalue weighted by Crippen LogP contribution is 2.43. The van der Waals surface area contributed by atoms with Crippen LogP contribution in [-0.2, 0) is 14.3 Å². The Kier molecular flexibility index (Phi) is 2.53. The van der Waals surface area contributed by atoms with Gasteiger partial charge in [-0.2, -0.15) is 0 Å². The Morgan fingerprint density at radius 2 is 2.46 bits per heavy atom. The van der Waals surface area contributed by atoms with Crippen molar-refractivity contribution in [3.63, 3.8) is 0 Å². The summed E-state index contributed by atoms with van der Waals surface area (Å²) in [6, 6.07) is 0. The fourth-order valence-electron chi connectivity index (χ4n) is 2.28. The molecule has 0 N–H and O–H groups in total. The minimum Gasteiger partial charge on any atom is -0.456 e. The van der Waals surface area contributed by atoms with E-state index < -0.39 is 0 Å². The van der Waals surface area contributed by atoms with Crippen LogP contribution >= 0.6 is 22.6 Å². The normalized spacial score (nSPS) is 42.3. The van der Waals surface area contributed by atoms with Gasteiger partial charge in [-0.05, 0) is 19.8 Å². The van der Waals surface area contributed by atoms with Gasteiger partial charge in [0.1, 0.15) is 5.60 Å². The van der Waals surface area contributed by atoms with Gasteiger partial charge in [0.15, 0.2) is 0 Å². The summed E-state index contributed by atoms with van der Waals surface area (Å²) in [6.45, 7) is 1.99. The summed E-state index contributed by atoms with van der Waals surface area (Å²) in [6.07, 6.45) is 3.51. The summed E-state index contributed by atoms with van der Waals surface area (Å²) in [7, 11) is 0. The first-order valence-electron chi connectivity index (χ1n) is 4.57. The smallest absolute Gasteiger partial charge is 0.316 e. The van der Waals surface area contributed by atoms with Crippen molar-refractivity contribution in [3.05, 3.63) is 0 Å². The molecule has 0 aliphatic carbocycles. The van der Waals surface area contributed by atoms with E-state index in [4.69, 9.17) is 9.47 Å². The van der Waals surface area contributed by atoms with E-state index in [1.807, 2.05) is 29.5 Å². The van der Waals surface area contributed by atoms with Gasteiger partial charge < -0.3 is 9.47 Å². The van der Waals surface area contributed by atoms with Crippen LogP contribution in [0.4, 0.5) is 0 Å². The van der Waals surface area contributed by atoms with Crippen LogP contribution < -0.4 is 0 Å². The van der Waals surface area contributed by atoms with Crippen molar-refractivity contribution in [3.8, 4) is 0 Å². The minimum atomic E-state index is -0.342. The molecule has 2 bridgehead atoms. The molecule has 0 radical (unpaired) electrons. The lowest BCUT2D eigenvalue weighted by molar-refractivity contribution is -0.159.